The molecule has 0 atom stereocenters. The van der Waals surface area contributed by atoms with Crippen LogP contribution < -0.4 is 4.90 Å². The highest BCUT2D eigenvalue weighted by atomic mass is 16.5. The van der Waals surface area contributed by atoms with Gasteiger partial charge in [-0.15, -0.1) is 0 Å². The Morgan fingerprint density at radius 1 is 0.971 bits per heavy atom. The molecule has 0 saturated carbocycles. The molecule has 3 aromatic heterocycles. The number of carbonyl (C=O) groups is 1. The molecule has 0 bridgehead atoms. The number of ether oxygens (including phenoxy) is 1. The number of likely N-dealkylation sites (tertiary alicyclic amines) is 1. The smallest absolute Gasteiger partial charge is 0.289 e. The van der Waals surface area contributed by atoms with Gasteiger partial charge < -0.3 is 19.0 Å². The summed E-state index contributed by atoms with van der Waals surface area (Å²) in [4.78, 5) is 26.7. The second-order valence-corrected chi connectivity index (χ2v) is 9.14. The number of morpholine rings is 1. The fourth-order valence-corrected chi connectivity index (χ4v) is 4.75. The van der Waals surface area contributed by atoms with E-state index in [4.69, 9.17) is 24.2 Å². The number of fused-ring (bicyclic) bond motifs is 1. The first-order valence-electron chi connectivity index (χ1n) is 12.2. The van der Waals surface area contributed by atoms with Crippen molar-refractivity contribution >= 4 is 22.8 Å². The summed E-state index contributed by atoms with van der Waals surface area (Å²) in [6.07, 6.45) is 5.07. The molecule has 0 spiro atoms. The zero-order valence-electron chi connectivity index (χ0n) is 19.8. The van der Waals surface area contributed by atoms with Crippen molar-refractivity contribution in [1.82, 2.24) is 24.6 Å². The van der Waals surface area contributed by atoms with Gasteiger partial charge in [-0.3, -0.25) is 4.79 Å². The average molecular weight is 473 g/mol. The third-order valence-corrected chi connectivity index (χ3v) is 6.61. The van der Waals surface area contributed by atoms with E-state index in [0.717, 1.165) is 43.6 Å². The lowest BCUT2D eigenvalue weighted by molar-refractivity contribution is 0.0694. The SMILES string of the molecule is Cc1cccc(-c2ccn(-c3nc(N4CCOCC4)c4oc(C(=O)N5CCCCC5)cc4n3)n2)c1. The van der Waals surface area contributed by atoms with Crippen LogP contribution in [-0.2, 0) is 4.74 Å². The minimum Gasteiger partial charge on any atom is -0.445 e. The lowest BCUT2D eigenvalue weighted by Gasteiger charge is -2.27. The van der Waals surface area contributed by atoms with Crippen molar-refractivity contribution in [3.05, 3.63) is 53.9 Å². The van der Waals surface area contributed by atoms with Gasteiger partial charge in [0, 0.05) is 44.0 Å². The van der Waals surface area contributed by atoms with Crippen LogP contribution >= 0.6 is 0 Å². The molecule has 2 aliphatic rings. The molecule has 9 nitrogen and oxygen atoms in total. The van der Waals surface area contributed by atoms with E-state index < -0.39 is 0 Å². The van der Waals surface area contributed by atoms with E-state index in [9.17, 15) is 4.79 Å². The third kappa shape index (κ3) is 4.27. The minimum atomic E-state index is -0.0852. The monoisotopic (exact) mass is 472 g/mol. The van der Waals surface area contributed by atoms with Crippen LogP contribution in [0, 0.1) is 6.92 Å². The molecular weight excluding hydrogens is 444 g/mol. The number of nitrogens with zero attached hydrogens (tertiary/aromatic N) is 6. The van der Waals surface area contributed by atoms with Crippen molar-refractivity contribution in [2.45, 2.75) is 26.2 Å². The standard InChI is InChI=1S/C26H28N6O3/c1-18-6-5-7-19(16-18)20-8-11-32(29-20)26-27-21-17-22(25(33)31-9-3-2-4-10-31)35-23(21)24(28-26)30-12-14-34-15-13-30/h5-8,11,16-17H,2-4,9-10,12-15H2,1H3. The summed E-state index contributed by atoms with van der Waals surface area (Å²) in [6.45, 7) is 6.19. The molecule has 6 rings (SSSR count). The van der Waals surface area contributed by atoms with Crippen molar-refractivity contribution < 1.29 is 13.9 Å². The van der Waals surface area contributed by atoms with Gasteiger partial charge in [-0.1, -0.05) is 23.8 Å². The molecule has 2 saturated heterocycles. The van der Waals surface area contributed by atoms with Gasteiger partial charge in [0.2, 0.25) is 0 Å². The Morgan fingerprint density at radius 3 is 2.60 bits per heavy atom. The van der Waals surface area contributed by atoms with Gasteiger partial charge in [-0.25, -0.2) is 9.67 Å². The van der Waals surface area contributed by atoms with Crippen molar-refractivity contribution in [3.63, 3.8) is 0 Å². The molecule has 2 aliphatic heterocycles. The van der Waals surface area contributed by atoms with Crippen molar-refractivity contribution in [2.24, 2.45) is 0 Å². The molecule has 0 aliphatic carbocycles. The largest absolute Gasteiger partial charge is 0.445 e. The van der Waals surface area contributed by atoms with Gasteiger partial charge >= 0.3 is 0 Å². The fraction of sp³-hybridized carbons (Fsp3) is 0.385. The zero-order chi connectivity index (χ0) is 23.8. The van der Waals surface area contributed by atoms with Gasteiger partial charge in [-0.05, 0) is 38.3 Å². The fourth-order valence-electron chi connectivity index (χ4n) is 4.75. The van der Waals surface area contributed by atoms with Crippen LogP contribution in [0.2, 0.25) is 0 Å². The van der Waals surface area contributed by atoms with Crippen LogP contribution in [0.3, 0.4) is 0 Å². The highest BCUT2D eigenvalue weighted by Gasteiger charge is 2.26. The maximum atomic E-state index is 13.1. The molecule has 5 heterocycles. The number of aryl methyl sites for hydroxylation is 1. The Morgan fingerprint density at radius 2 is 1.80 bits per heavy atom. The quantitative estimate of drug-likeness (QED) is 0.446. The number of hydrogen-bond acceptors (Lipinski definition) is 7. The Bertz CT molecular complexity index is 1360. The van der Waals surface area contributed by atoms with Crippen LogP contribution in [0.1, 0.15) is 35.4 Å². The Balaban J connectivity index is 1.41. The number of furan rings is 1. The summed E-state index contributed by atoms with van der Waals surface area (Å²) in [5, 5.41) is 4.74. The van der Waals surface area contributed by atoms with Gasteiger partial charge in [0.15, 0.2) is 17.2 Å². The number of carbonyl (C=O) groups excluding carboxylic acids is 1. The molecule has 0 radical (unpaired) electrons. The summed E-state index contributed by atoms with van der Waals surface area (Å²) in [5.74, 6) is 1.33. The first-order chi connectivity index (χ1) is 17.2. The Hall–Kier alpha value is -3.72. The zero-order valence-corrected chi connectivity index (χ0v) is 19.8. The van der Waals surface area contributed by atoms with E-state index in [1.54, 1.807) is 10.7 Å². The molecule has 1 amide bonds. The van der Waals surface area contributed by atoms with Gasteiger partial charge in [0.1, 0.15) is 5.52 Å². The minimum absolute atomic E-state index is 0.0852. The first kappa shape index (κ1) is 21.8. The van der Waals surface area contributed by atoms with Crippen LogP contribution in [0.4, 0.5) is 5.82 Å². The van der Waals surface area contributed by atoms with E-state index in [-0.39, 0.29) is 5.91 Å². The molecule has 1 aromatic carbocycles. The lowest BCUT2D eigenvalue weighted by Crippen LogP contribution is -2.37. The second-order valence-electron chi connectivity index (χ2n) is 9.14. The normalized spacial score (nSPS) is 16.7. The number of rotatable bonds is 4. The van der Waals surface area contributed by atoms with E-state index >= 15 is 0 Å². The Kier molecular flexibility index (Phi) is 5.69. The molecule has 180 valence electrons. The number of piperidine rings is 1. The van der Waals surface area contributed by atoms with Gasteiger partial charge in [0.25, 0.3) is 11.9 Å². The molecule has 35 heavy (non-hydrogen) atoms. The molecule has 9 heteroatoms. The average Bonchev–Trinajstić information content (AvgIpc) is 3.57. The molecule has 0 unspecified atom stereocenters. The van der Waals surface area contributed by atoms with Crippen LogP contribution in [0.25, 0.3) is 28.3 Å². The molecular formula is C26H28N6O3. The second kappa shape index (κ2) is 9.14. The number of amides is 1. The van der Waals surface area contributed by atoms with Gasteiger partial charge in [-0.2, -0.15) is 10.1 Å². The van der Waals surface area contributed by atoms with E-state index in [0.29, 0.717) is 54.9 Å². The predicted molar refractivity (Wildman–Crippen MR) is 132 cm³/mol. The molecule has 0 N–H and O–H groups in total. The summed E-state index contributed by atoms with van der Waals surface area (Å²) in [7, 11) is 0. The summed E-state index contributed by atoms with van der Waals surface area (Å²) in [5.41, 5.74) is 4.19. The first-order valence-corrected chi connectivity index (χ1v) is 12.2. The summed E-state index contributed by atoms with van der Waals surface area (Å²) >= 11 is 0. The number of aromatic nitrogens is 4. The molecule has 4 aromatic rings. The highest BCUT2D eigenvalue weighted by Crippen LogP contribution is 2.30. The number of hydrogen-bond donors (Lipinski definition) is 0. The van der Waals surface area contributed by atoms with Crippen molar-refractivity contribution in [1.29, 1.82) is 0 Å². The number of anilines is 1. The van der Waals surface area contributed by atoms with Crippen molar-refractivity contribution in [2.75, 3.05) is 44.3 Å². The van der Waals surface area contributed by atoms with Crippen LogP contribution in [0.15, 0.2) is 47.0 Å². The van der Waals surface area contributed by atoms with Crippen molar-refractivity contribution in [3.8, 4) is 17.2 Å². The maximum absolute atomic E-state index is 13.1. The van der Waals surface area contributed by atoms with Crippen LogP contribution in [-0.4, -0.2) is 69.9 Å². The van der Waals surface area contributed by atoms with E-state index in [2.05, 4.69) is 24.0 Å². The summed E-state index contributed by atoms with van der Waals surface area (Å²) < 4.78 is 13.3. The predicted octanol–water partition coefficient (Wildman–Crippen LogP) is 3.85. The Labute approximate surface area is 203 Å². The molecule has 2 fully saturated rings. The van der Waals surface area contributed by atoms with Crippen LogP contribution in [0.5, 0.6) is 0 Å². The maximum Gasteiger partial charge on any atom is 0.289 e. The highest BCUT2D eigenvalue weighted by molar-refractivity contribution is 5.97. The van der Waals surface area contributed by atoms with E-state index in [1.807, 2.05) is 29.3 Å². The summed E-state index contributed by atoms with van der Waals surface area (Å²) in [6, 6.07) is 11.9. The van der Waals surface area contributed by atoms with Gasteiger partial charge in [0.05, 0.1) is 18.9 Å². The lowest BCUT2D eigenvalue weighted by atomic mass is 10.1. The van der Waals surface area contributed by atoms with E-state index in [1.165, 1.54) is 5.56 Å². The topological polar surface area (TPSA) is 89.5 Å². The number of benzene rings is 1. The third-order valence-electron chi connectivity index (χ3n) is 6.61.